The van der Waals surface area contributed by atoms with Crippen LogP contribution < -0.4 is 0 Å². The molecule has 0 amide bonds. The molecular weight excluding hydrogens is 341 g/mol. The minimum Gasteiger partial charge on any atom is -0.299 e. The monoisotopic (exact) mass is 357 g/mol. The van der Waals surface area contributed by atoms with Gasteiger partial charge in [0.05, 0.1) is 29.1 Å². The predicted molar refractivity (Wildman–Crippen MR) is 103 cm³/mol. The Balaban J connectivity index is 1.68. The third kappa shape index (κ3) is 2.49. The number of imidazole rings is 1. The Labute approximate surface area is 154 Å². The Morgan fingerprint density at radius 2 is 1.81 bits per heavy atom. The van der Waals surface area contributed by atoms with Crippen LogP contribution >= 0.6 is 0 Å². The molecule has 0 saturated heterocycles. The van der Waals surface area contributed by atoms with Crippen molar-refractivity contribution in [2.24, 2.45) is 7.05 Å². The van der Waals surface area contributed by atoms with E-state index in [1.165, 1.54) is 12.1 Å². The van der Waals surface area contributed by atoms with Crippen LogP contribution in [0.4, 0.5) is 4.39 Å². The van der Waals surface area contributed by atoms with Crippen LogP contribution in [0.3, 0.4) is 0 Å². The van der Waals surface area contributed by atoms with Crippen LogP contribution in [0.25, 0.3) is 38.9 Å². The van der Waals surface area contributed by atoms with Crippen LogP contribution in [0, 0.1) is 12.7 Å². The third-order valence-electron chi connectivity index (χ3n) is 4.91. The first-order valence-corrected chi connectivity index (χ1v) is 8.62. The number of benzene rings is 2. The maximum Gasteiger partial charge on any atom is 0.123 e. The minimum absolute atomic E-state index is 0.243. The lowest BCUT2D eigenvalue weighted by Gasteiger charge is -2.08. The number of nitrogens with zero attached hydrogens (tertiary/aromatic N) is 5. The summed E-state index contributed by atoms with van der Waals surface area (Å²) in [5.74, 6) is -0.243. The zero-order valence-electron chi connectivity index (χ0n) is 14.9. The summed E-state index contributed by atoms with van der Waals surface area (Å²) in [7, 11) is 1.93. The van der Waals surface area contributed by atoms with Gasteiger partial charge < -0.3 is 0 Å². The highest BCUT2D eigenvalue weighted by Crippen LogP contribution is 2.27. The molecule has 0 spiro atoms. The Morgan fingerprint density at radius 3 is 2.67 bits per heavy atom. The van der Waals surface area contributed by atoms with Crippen molar-refractivity contribution in [2.45, 2.75) is 6.92 Å². The molecule has 5 rings (SSSR count). The topological polar surface area (TPSA) is 48.5 Å². The second kappa shape index (κ2) is 5.74. The zero-order chi connectivity index (χ0) is 18.5. The first-order chi connectivity index (χ1) is 13.1. The van der Waals surface area contributed by atoms with Crippen molar-refractivity contribution in [3.05, 3.63) is 72.6 Å². The van der Waals surface area contributed by atoms with Gasteiger partial charge in [0.1, 0.15) is 17.7 Å². The van der Waals surface area contributed by atoms with E-state index in [2.05, 4.69) is 27.2 Å². The van der Waals surface area contributed by atoms with Crippen LogP contribution in [-0.2, 0) is 7.05 Å². The SMILES string of the molecule is Cc1cc(F)ccc1-c1cc2c(cn1)ncn2-c1ccc2c(cnn2C)c1. The van der Waals surface area contributed by atoms with Crippen molar-refractivity contribution in [1.82, 2.24) is 24.3 Å². The molecule has 0 bridgehead atoms. The predicted octanol–water partition coefficient (Wildman–Crippen LogP) is 4.42. The molecule has 27 heavy (non-hydrogen) atoms. The van der Waals surface area contributed by atoms with E-state index in [1.807, 2.05) is 41.5 Å². The van der Waals surface area contributed by atoms with Gasteiger partial charge in [-0.3, -0.25) is 14.2 Å². The van der Waals surface area contributed by atoms with Gasteiger partial charge in [0.15, 0.2) is 0 Å². The average Bonchev–Trinajstić information content (AvgIpc) is 3.25. The maximum absolute atomic E-state index is 13.4. The summed E-state index contributed by atoms with van der Waals surface area (Å²) in [6.07, 6.45) is 5.41. The lowest BCUT2D eigenvalue weighted by Crippen LogP contribution is -1.94. The molecule has 0 aliphatic rings. The summed E-state index contributed by atoms with van der Waals surface area (Å²) in [6.45, 7) is 1.89. The lowest BCUT2D eigenvalue weighted by molar-refractivity contribution is 0.627. The van der Waals surface area contributed by atoms with Gasteiger partial charge in [-0.25, -0.2) is 9.37 Å². The van der Waals surface area contributed by atoms with Crippen molar-refractivity contribution in [1.29, 1.82) is 0 Å². The molecular formula is C21H16FN5. The van der Waals surface area contributed by atoms with Crippen molar-refractivity contribution in [2.75, 3.05) is 0 Å². The van der Waals surface area contributed by atoms with E-state index >= 15 is 0 Å². The molecule has 5 nitrogen and oxygen atoms in total. The van der Waals surface area contributed by atoms with Gasteiger partial charge in [0.25, 0.3) is 0 Å². The smallest absolute Gasteiger partial charge is 0.123 e. The van der Waals surface area contributed by atoms with E-state index < -0.39 is 0 Å². The van der Waals surface area contributed by atoms with Gasteiger partial charge in [-0.1, -0.05) is 0 Å². The van der Waals surface area contributed by atoms with Crippen molar-refractivity contribution in [3.8, 4) is 16.9 Å². The summed E-state index contributed by atoms with van der Waals surface area (Å²) in [5, 5.41) is 5.37. The minimum atomic E-state index is -0.243. The maximum atomic E-state index is 13.4. The molecule has 5 aromatic rings. The number of hydrogen-bond acceptors (Lipinski definition) is 3. The van der Waals surface area contributed by atoms with Crippen LogP contribution in [0.1, 0.15) is 5.56 Å². The highest BCUT2D eigenvalue weighted by molar-refractivity contribution is 5.84. The largest absolute Gasteiger partial charge is 0.299 e. The number of aryl methyl sites for hydroxylation is 2. The van der Waals surface area contributed by atoms with Crippen LogP contribution in [0.2, 0.25) is 0 Å². The van der Waals surface area contributed by atoms with E-state index in [9.17, 15) is 4.39 Å². The molecule has 6 heteroatoms. The van der Waals surface area contributed by atoms with Crippen LogP contribution in [-0.4, -0.2) is 24.3 Å². The molecule has 0 radical (unpaired) electrons. The second-order valence-electron chi connectivity index (χ2n) is 6.64. The molecule has 0 N–H and O–H groups in total. The third-order valence-corrected chi connectivity index (χ3v) is 4.91. The van der Waals surface area contributed by atoms with E-state index in [4.69, 9.17) is 0 Å². The first-order valence-electron chi connectivity index (χ1n) is 8.62. The molecule has 132 valence electrons. The molecule has 0 aliphatic heterocycles. The van der Waals surface area contributed by atoms with Crippen molar-refractivity contribution >= 4 is 21.9 Å². The number of pyridine rings is 1. The highest BCUT2D eigenvalue weighted by atomic mass is 19.1. The van der Waals surface area contributed by atoms with Gasteiger partial charge in [-0.05, 0) is 55.0 Å². The Bertz CT molecular complexity index is 1320. The number of rotatable bonds is 2. The molecule has 2 aromatic carbocycles. The number of fused-ring (bicyclic) bond motifs is 2. The van der Waals surface area contributed by atoms with Gasteiger partial charge in [0.2, 0.25) is 0 Å². The van der Waals surface area contributed by atoms with Gasteiger partial charge in [-0.15, -0.1) is 0 Å². The van der Waals surface area contributed by atoms with E-state index in [-0.39, 0.29) is 5.82 Å². The number of halogens is 1. The number of hydrogen-bond donors (Lipinski definition) is 0. The van der Waals surface area contributed by atoms with Gasteiger partial charge in [-0.2, -0.15) is 5.10 Å². The normalized spacial score (nSPS) is 11.5. The fraction of sp³-hybridized carbons (Fsp3) is 0.0952. The van der Waals surface area contributed by atoms with E-state index in [0.717, 1.165) is 44.4 Å². The van der Waals surface area contributed by atoms with Gasteiger partial charge >= 0.3 is 0 Å². The van der Waals surface area contributed by atoms with E-state index in [0.29, 0.717) is 0 Å². The Morgan fingerprint density at radius 1 is 0.926 bits per heavy atom. The quantitative estimate of drug-likeness (QED) is 0.470. The van der Waals surface area contributed by atoms with Crippen molar-refractivity contribution < 1.29 is 4.39 Å². The summed E-state index contributed by atoms with van der Waals surface area (Å²) in [5.41, 5.74) is 6.40. The molecule has 0 saturated carbocycles. The summed E-state index contributed by atoms with van der Waals surface area (Å²) < 4.78 is 17.3. The summed E-state index contributed by atoms with van der Waals surface area (Å²) >= 11 is 0. The molecule has 0 aliphatic carbocycles. The Hall–Kier alpha value is -3.54. The van der Waals surface area contributed by atoms with Crippen molar-refractivity contribution in [3.63, 3.8) is 0 Å². The molecule has 0 fully saturated rings. The average molecular weight is 357 g/mol. The Kier molecular flexibility index (Phi) is 3.33. The van der Waals surface area contributed by atoms with E-state index in [1.54, 1.807) is 18.6 Å². The zero-order valence-corrected chi connectivity index (χ0v) is 14.9. The molecule has 0 atom stereocenters. The summed E-state index contributed by atoms with van der Waals surface area (Å²) in [6, 6.07) is 12.9. The van der Waals surface area contributed by atoms with Gasteiger partial charge in [0, 0.05) is 23.7 Å². The lowest BCUT2D eigenvalue weighted by atomic mass is 10.0. The molecule has 3 aromatic heterocycles. The number of aromatic nitrogens is 5. The fourth-order valence-corrected chi connectivity index (χ4v) is 3.48. The molecule has 3 heterocycles. The van der Waals surface area contributed by atoms with Crippen LogP contribution in [0.15, 0.2) is 61.2 Å². The summed E-state index contributed by atoms with van der Waals surface area (Å²) in [4.78, 5) is 8.99. The van der Waals surface area contributed by atoms with Crippen LogP contribution in [0.5, 0.6) is 0 Å². The fourth-order valence-electron chi connectivity index (χ4n) is 3.48. The second-order valence-corrected chi connectivity index (χ2v) is 6.64. The standard InChI is InChI=1S/C21H16FN5/c1-13-7-15(22)3-5-17(13)18-9-21-19(11-23-18)24-12-27(21)16-4-6-20-14(8-16)10-25-26(20)2/h3-12H,1-2H3. The first kappa shape index (κ1) is 15.7. The highest BCUT2D eigenvalue weighted by Gasteiger charge is 2.11. The molecule has 0 unspecified atom stereocenters.